The number of pyridine rings is 1. The molecule has 0 bridgehead atoms. The number of carbonyl (C=O) groups is 1. The molecule has 1 amide bonds. The van der Waals surface area contributed by atoms with Crippen molar-refractivity contribution in [1.29, 1.82) is 5.41 Å². The maximum absolute atomic E-state index is 13.3. The lowest BCUT2D eigenvalue weighted by Gasteiger charge is -2.21. The van der Waals surface area contributed by atoms with Crippen molar-refractivity contribution < 1.29 is 22.7 Å². The molecular formula is C29H31F3N5O2P. The first-order chi connectivity index (χ1) is 19.1. The van der Waals surface area contributed by atoms with Crippen LogP contribution in [0.15, 0.2) is 78.6 Å². The lowest BCUT2D eigenvalue weighted by molar-refractivity contribution is -0.112. The van der Waals surface area contributed by atoms with Crippen LogP contribution in [0.2, 0.25) is 0 Å². The van der Waals surface area contributed by atoms with Crippen LogP contribution in [0.5, 0.6) is 5.88 Å². The maximum Gasteiger partial charge on any atom is 0.432 e. The third-order valence-corrected chi connectivity index (χ3v) is 6.92. The number of amides is 1. The number of nitrogens with zero attached hydrogens (tertiary/aromatic N) is 1. The van der Waals surface area contributed by atoms with Crippen LogP contribution < -0.4 is 26.4 Å². The van der Waals surface area contributed by atoms with Gasteiger partial charge in [0, 0.05) is 30.2 Å². The summed E-state index contributed by atoms with van der Waals surface area (Å²) in [6.45, 7) is 0.213. The standard InChI is InChI=1S/C29H31F3N5O2P/c30-29(31,32)26(34)16-23(36-21-5-3-4-19(14-21)17-33)28(38)37-22-15-20(10-12-25(22)40)24(11-9-18-7-8-18)39-27-6-1-2-13-35-27/h1-6,10,12-16,18,24,34,36H,7-9,11,17,33,40H2,(H,37,38)/b23-16-,34-26?. The minimum Gasteiger partial charge on any atom is -0.469 e. The van der Waals surface area contributed by atoms with Crippen molar-refractivity contribution in [2.75, 3.05) is 10.6 Å². The Balaban J connectivity index is 1.60. The smallest absolute Gasteiger partial charge is 0.432 e. The molecule has 3 aromatic rings. The Hall–Kier alpha value is -3.75. The van der Waals surface area contributed by atoms with Gasteiger partial charge in [-0.2, -0.15) is 13.2 Å². The van der Waals surface area contributed by atoms with Crippen LogP contribution in [0.25, 0.3) is 0 Å². The lowest BCUT2D eigenvalue weighted by atomic mass is 10.0. The highest BCUT2D eigenvalue weighted by molar-refractivity contribution is 7.28. The van der Waals surface area contributed by atoms with Crippen molar-refractivity contribution in [2.24, 2.45) is 11.7 Å². The number of alkyl halides is 3. The molecule has 0 aliphatic heterocycles. The number of hydrogen-bond donors (Lipinski definition) is 4. The molecule has 2 aromatic carbocycles. The van der Waals surface area contributed by atoms with Gasteiger partial charge >= 0.3 is 6.18 Å². The number of ether oxygens (including phenoxy) is 1. The molecule has 1 aliphatic rings. The first-order valence-corrected chi connectivity index (χ1v) is 13.4. The number of anilines is 2. The number of nitrogens with two attached hydrogens (primary N) is 1. The summed E-state index contributed by atoms with van der Waals surface area (Å²) < 4.78 is 45.8. The van der Waals surface area contributed by atoms with Crippen LogP contribution in [-0.4, -0.2) is 22.8 Å². The Morgan fingerprint density at radius 3 is 2.62 bits per heavy atom. The van der Waals surface area contributed by atoms with E-state index in [-0.39, 0.29) is 12.6 Å². The van der Waals surface area contributed by atoms with Crippen LogP contribution in [-0.2, 0) is 11.3 Å². The van der Waals surface area contributed by atoms with Crippen LogP contribution in [0.3, 0.4) is 0 Å². The van der Waals surface area contributed by atoms with E-state index >= 15 is 0 Å². The summed E-state index contributed by atoms with van der Waals surface area (Å²) in [7, 11) is 2.51. The normalized spacial score (nSPS) is 14.4. The topological polar surface area (TPSA) is 113 Å². The van der Waals surface area contributed by atoms with E-state index in [4.69, 9.17) is 15.9 Å². The van der Waals surface area contributed by atoms with Gasteiger partial charge in [-0.15, -0.1) is 9.24 Å². The van der Waals surface area contributed by atoms with Crippen LogP contribution in [0, 0.1) is 11.3 Å². The number of aromatic nitrogens is 1. The molecule has 0 radical (unpaired) electrons. The van der Waals surface area contributed by atoms with Gasteiger partial charge in [0.1, 0.15) is 17.5 Å². The molecule has 1 aromatic heterocycles. The minimum absolute atomic E-state index is 0.213. The average Bonchev–Trinajstić information content (AvgIpc) is 3.76. The van der Waals surface area contributed by atoms with E-state index < -0.39 is 23.5 Å². The van der Waals surface area contributed by atoms with Crippen molar-refractivity contribution in [3.63, 3.8) is 0 Å². The second-order valence-electron chi connectivity index (χ2n) is 9.59. The molecule has 1 fully saturated rings. The number of allylic oxidation sites excluding steroid dienone is 1. The number of benzene rings is 2. The van der Waals surface area contributed by atoms with E-state index in [1.165, 1.54) is 12.8 Å². The predicted octanol–water partition coefficient (Wildman–Crippen LogP) is 5.87. The molecule has 40 heavy (non-hydrogen) atoms. The number of rotatable bonds is 12. The van der Waals surface area contributed by atoms with Crippen LogP contribution in [0.1, 0.15) is 42.9 Å². The first kappa shape index (κ1) is 29.2. The molecule has 1 aliphatic carbocycles. The summed E-state index contributed by atoms with van der Waals surface area (Å²) in [5.74, 6) is 0.312. The minimum atomic E-state index is -4.92. The average molecular weight is 570 g/mol. The molecule has 7 nitrogen and oxygen atoms in total. The monoisotopic (exact) mass is 569 g/mol. The van der Waals surface area contributed by atoms with Gasteiger partial charge in [-0.3, -0.25) is 10.2 Å². The molecular weight excluding hydrogens is 538 g/mol. The zero-order valence-corrected chi connectivity index (χ0v) is 22.8. The fourth-order valence-corrected chi connectivity index (χ4v) is 4.29. The third kappa shape index (κ3) is 8.37. The van der Waals surface area contributed by atoms with Crippen molar-refractivity contribution in [3.8, 4) is 5.88 Å². The summed E-state index contributed by atoms with van der Waals surface area (Å²) in [5.41, 5.74) is 5.83. The molecule has 1 heterocycles. The highest BCUT2D eigenvalue weighted by Gasteiger charge is 2.33. The molecule has 0 spiro atoms. The van der Waals surface area contributed by atoms with Gasteiger partial charge in [-0.1, -0.05) is 43.2 Å². The maximum atomic E-state index is 13.3. The largest absolute Gasteiger partial charge is 0.469 e. The Morgan fingerprint density at radius 2 is 1.95 bits per heavy atom. The first-order valence-electron chi connectivity index (χ1n) is 12.8. The third-order valence-electron chi connectivity index (χ3n) is 6.41. The number of hydrogen-bond acceptors (Lipinski definition) is 6. The number of carbonyl (C=O) groups excluding carboxylic acids is 1. The van der Waals surface area contributed by atoms with Crippen molar-refractivity contribution in [3.05, 3.63) is 89.8 Å². The Morgan fingerprint density at radius 1 is 1.15 bits per heavy atom. The fourth-order valence-electron chi connectivity index (χ4n) is 4.04. The van der Waals surface area contributed by atoms with Gasteiger partial charge in [-0.25, -0.2) is 4.98 Å². The lowest BCUT2D eigenvalue weighted by Crippen LogP contribution is -2.26. The molecule has 2 unspecified atom stereocenters. The summed E-state index contributed by atoms with van der Waals surface area (Å²) in [4.78, 5) is 17.6. The van der Waals surface area contributed by atoms with Crippen molar-refractivity contribution in [2.45, 2.75) is 44.5 Å². The summed E-state index contributed by atoms with van der Waals surface area (Å²) in [6.07, 6.45) is 0.999. The van der Waals surface area contributed by atoms with Gasteiger partial charge in [0.25, 0.3) is 5.91 Å². The molecule has 210 valence electrons. The fraction of sp³-hybridized carbons (Fsp3) is 0.276. The van der Waals surface area contributed by atoms with E-state index in [0.717, 1.165) is 24.0 Å². The Bertz CT molecular complexity index is 1380. The zero-order valence-electron chi connectivity index (χ0n) is 21.7. The van der Waals surface area contributed by atoms with Gasteiger partial charge in [0.05, 0.1) is 0 Å². The SMILES string of the molecule is N=C(/C=C(\Nc1cccc(CN)c1)C(=O)Nc1cc(C(CCC2CC2)Oc2ccccn2)ccc1P)C(F)(F)F. The van der Waals surface area contributed by atoms with Crippen LogP contribution >= 0.6 is 9.24 Å². The molecule has 4 rings (SSSR count). The van der Waals surface area contributed by atoms with Crippen molar-refractivity contribution >= 4 is 37.5 Å². The van der Waals surface area contributed by atoms with E-state index in [1.807, 2.05) is 12.1 Å². The zero-order chi connectivity index (χ0) is 28.7. The van der Waals surface area contributed by atoms with Gasteiger partial charge < -0.3 is 21.1 Å². The predicted molar refractivity (Wildman–Crippen MR) is 154 cm³/mol. The molecule has 11 heteroatoms. The second-order valence-corrected chi connectivity index (χ2v) is 10.2. The quantitative estimate of drug-likeness (QED) is 0.124. The molecule has 2 atom stereocenters. The highest BCUT2D eigenvalue weighted by Crippen LogP contribution is 2.37. The van der Waals surface area contributed by atoms with Gasteiger partial charge in [0.15, 0.2) is 0 Å². The van der Waals surface area contributed by atoms with Gasteiger partial charge in [-0.05, 0) is 65.5 Å². The van der Waals surface area contributed by atoms with E-state index in [9.17, 15) is 18.0 Å². The summed E-state index contributed by atoms with van der Waals surface area (Å²) in [6, 6.07) is 17.5. The number of halogens is 3. The molecule has 0 saturated heterocycles. The van der Waals surface area contributed by atoms with E-state index in [1.54, 1.807) is 54.7 Å². The van der Waals surface area contributed by atoms with E-state index in [0.29, 0.717) is 34.6 Å². The molecule has 1 saturated carbocycles. The van der Waals surface area contributed by atoms with Crippen LogP contribution in [0.4, 0.5) is 24.5 Å². The van der Waals surface area contributed by atoms with Gasteiger partial charge in [0.2, 0.25) is 5.88 Å². The summed E-state index contributed by atoms with van der Waals surface area (Å²) in [5, 5.41) is 13.5. The second kappa shape index (κ2) is 13.1. The summed E-state index contributed by atoms with van der Waals surface area (Å²) >= 11 is 0. The molecule has 5 N–H and O–H groups in total. The van der Waals surface area contributed by atoms with E-state index in [2.05, 4.69) is 24.9 Å². The highest BCUT2D eigenvalue weighted by atomic mass is 31.0. The Labute approximate surface area is 233 Å². The Kier molecular flexibility index (Phi) is 9.55. The number of nitrogens with one attached hydrogen (secondary N) is 3. The van der Waals surface area contributed by atoms with Crippen molar-refractivity contribution in [1.82, 2.24) is 4.98 Å².